The number of rotatable bonds is 9. The molecule has 0 heterocycles. The standard InChI is InChI=1S/C38H57NO2/c1-26(2)9-8-10-27(3)33-18-19-34-32-17-14-29-25-31(21-23-37(29,4)35(32)22-24-38(33,34)5)41-36(40)20-13-28-11-15-30(16-12-28)39(6)7/h11-16,20,26-27,31-35H,8-10,17-19,21-25H2,1-7H3/b20-13+/t27-,31-,32-,33+,34-,35-,37-,38+/m0/s1. The fourth-order valence-electron chi connectivity index (χ4n) is 10.0. The number of ether oxygens (including phenoxy) is 1. The Labute approximate surface area is 251 Å². The van der Waals surface area contributed by atoms with E-state index in [4.69, 9.17) is 4.74 Å². The predicted molar refractivity (Wildman–Crippen MR) is 173 cm³/mol. The number of carbonyl (C=O) groups excluding carboxylic acids is 1. The molecule has 0 spiro atoms. The molecule has 3 heteroatoms. The molecule has 0 amide bonds. The molecule has 0 unspecified atom stereocenters. The van der Waals surface area contributed by atoms with E-state index in [-0.39, 0.29) is 17.5 Å². The predicted octanol–water partition coefficient (Wildman–Crippen LogP) is 9.72. The first-order valence-corrected chi connectivity index (χ1v) is 16.9. The number of allylic oxidation sites excluding steroid dienone is 1. The number of benzene rings is 1. The Morgan fingerprint density at radius 2 is 1.76 bits per heavy atom. The maximum absolute atomic E-state index is 12.7. The van der Waals surface area contributed by atoms with Gasteiger partial charge in [-0.05, 0) is 115 Å². The highest BCUT2D eigenvalue weighted by molar-refractivity contribution is 5.87. The van der Waals surface area contributed by atoms with Crippen molar-refractivity contribution in [2.75, 3.05) is 19.0 Å². The summed E-state index contributed by atoms with van der Waals surface area (Å²) in [6.07, 6.45) is 20.3. The molecule has 0 radical (unpaired) electrons. The van der Waals surface area contributed by atoms with E-state index < -0.39 is 0 Å². The number of carbonyl (C=O) groups is 1. The van der Waals surface area contributed by atoms with Crippen LogP contribution in [0.15, 0.2) is 42.0 Å². The van der Waals surface area contributed by atoms with E-state index >= 15 is 0 Å². The highest BCUT2D eigenvalue weighted by Gasteiger charge is 2.59. The maximum atomic E-state index is 12.7. The zero-order chi connectivity index (χ0) is 29.4. The summed E-state index contributed by atoms with van der Waals surface area (Å²) in [6, 6.07) is 8.24. The molecule has 3 saturated carbocycles. The second-order valence-electron chi connectivity index (χ2n) is 15.4. The molecule has 41 heavy (non-hydrogen) atoms. The van der Waals surface area contributed by atoms with Gasteiger partial charge in [-0.25, -0.2) is 4.79 Å². The van der Waals surface area contributed by atoms with Gasteiger partial charge in [0.25, 0.3) is 0 Å². The van der Waals surface area contributed by atoms with Gasteiger partial charge < -0.3 is 9.64 Å². The van der Waals surface area contributed by atoms with Crippen molar-refractivity contribution in [1.29, 1.82) is 0 Å². The van der Waals surface area contributed by atoms with Crippen molar-refractivity contribution in [3.05, 3.63) is 47.6 Å². The van der Waals surface area contributed by atoms with Crippen molar-refractivity contribution in [2.45, 2.75) is 111 Å². The van der Waals surface area contributed by atoms with E-state index in [0.717, 1.165) is 66.0 Å². The van der Waals surface area contributed by atoms with E-state index in [9.17, 15) is 4.79 Å². The number of hydrogen-bond donors (Lipinski definition) is 0. The molecule has 1 aromatic rings. The van der Waals surface area contributed by atoms with Crippen LogP contribution in [0.4, 0.5) is 5.69 Å². The molecule has 0 aliphatic heterocycles. The summed E-state index contributed by atoms with van der Waals surface area (Å²) in [4.78, 5) is 14.8. The lowest BCUT2D eigenvalue weighted by molar-refractivity contribution is -0.145. The third-order valence-corrected chi connectivity index (χ3v) is 12.4. The molecule has 0 saturated heterocycles. The summed E-state index contributed by atoms with van der Waals surface area (Å²) in [6.45, 7) is 12.6. The highest BCUT2D eigenvalue weighted by Crippen LogP contribution is 2.67. The number of anilines is 1. The van der Waals surface area contributed by atoms with Gasteiger partial charge in [0.1, 0.15) is 6.10 Å². The van der Waals surface area contributed by atoms with Crippen molar-refractivity contribution in [1.82, 2.24) is 0 Å². The van der Waals surface area contributed by atoms with Crippen molar-refractivity contribution in [3.63, 3.8) is 0 Å². The second kappa shape index (κ2) is 12.3. The van der Waals surface area contributed by atoms with Crippen molar-refractivity contribution in [2.24, 2.45) is 46.3 Å². The minimum absolute atomic E-state index is 0.00977. The Kier molecular flexibility index (Phi) is 9.12. The number of hydrogen-bond acceptors (Lipinski definition) is 3. The minimum atomic E-state index is -0.211. The van der Waals surface area contributed by atoms with E-state index in [1.807, 2.05) is 32.3 Å². The quantitative estimate of drug-likeness (QED) is 0.171. The average Bonchev–Trinajstić information content (AvgIpc) is 3.29. The Morgan fingerprint density at radius 3 is 2.46 bits per heavy atom. The van der Waals surface area contributed by atoms with Gasteiger partial charge in [0.15, 0.2) is 0 Å². The first kappa shape index (κ1) is 30.4. The van der Waals surface area contributed by atoms with Crippen LogP contribution in [0.25, 0.3) is 6.08 Å². The zero-order valence-electron chi connectivity index (χ0n) is 27.1. The second-order valence-corrected chi connectivity index (χ2v) is 15.4. The molecule has 5 rings (SSSR count). The SMILES string of the molecule is CC(C)CCC[C@H](C)[C@H]1CC[C@H]2[C@@H]3CC=C4C[C@@H](OC(=O)/C=C/c5ccc(N(C)C)cc5)CC[C@]4(C)[C@H]3CC[C@]12C. The number of fused-ring (bicyclic) bond motifs is 5. The summed E-state index contributed by atoms with van der Waals surface area (Å²) in [5.41, 5.74) is 4.59. The van der Waals surface area contributed by atoms with E-state index in [1.165, 1.54) is 51.4 Å². The molecule has 4 aliphatic rings. The largest absolute Gasteiger partial charge is 0.459 e. The van der Waals surface area contributed by atoms with E-state index in [0.29, 0.717) is 5.41 Å². The molecule has 1 aromatic carbocycles. The summed E-state index contributed by atoms with van der Waals surface area (Å²) in [5.74, 6) is 4.93. The van der Waals surface area contributed by atoms with E-state index in [1.54, 1.807) is 11.6 Å². The Bertz CT molecular complexity index is 1120. The first-order valence-electron chi connectivity index (χ1n) is 16.9. The summed E-state index contributed by atoms with van der Waals surface area (Å²) in [5, 5.41) is 0. The van der Waals surface area contributed by atoms with E-state index in [2.05, 4.69) is 57.7 Å². The Morgan fingerprint density at radius 1 is 1.00 bits per heavy atom. The smallest absolute Gasteiger partial charge is 0.331 e. The molecule has 0 aromatic heterocycles. The van der Waals surface area contributed by atoms with Crippen LogP contribution in [0.5, 0.6) is 0 Å². The monoisotopic (exact) mass is 559 g/mol. The zero-order valence-corrected chi connectivity index (χ0v) is 27.1. The van der Waals surface area contributed by atoms with Crippen molar-refractivity contribution >= 4 is 17.7 Å². The molecule has 8 atom stereocenters. The maximum Gasteiger partial charge on any atom is 0.331 e. The van der Waals surface area contributed by atoms with Crippen LogP contribution in [-0.2, 0) is 9.53 Å². The molecule has 3 nitrogen and oxygen atoms in total. The molecule has 226 valence electrons. The molecule has 0 N–H and O–H groups in total. The minimum Gasteiger partial charge on any atom is -0.459 e. The molecule has 4 aliphatic carbocycles. The lowest BCUT2D eigenvalue weighted by Gasteiger charge is -2.58. The fourth-order valence-corrected chi connectivity index (χ4v) is 10.0. The Balaban J connectivity index is 1.19. The van der Waals surface area contributed by atoms with Gasteiger partial charge in [0, 0.05) is 32.3 Å². The van der Waals surface area contributed by atoms with Gasteiger partial charge in [0.2, 0.25) is 0 Å². The van der Waals surface area contributed by atoms with Crippen LogP contribution in [-0.4, -0.2) is 26.2 Å². The van der Waals surface area contributed by atoms with Crippen molar-refractivity contribution < 1.29 is 9.53 Å². The van der Waals surface area contributed by atoms with Gasteiger partial charge in [-0.15, -0.1) is 0 Å². The van der Waals surface area contributed by atoms with Crippen molar-refractivity contribution in [3.8, 4) is 0 Å². The van der Waals surface area contributed by atoms with Crippen LogP contribution in [0.1, 0.15) is 111 Å². The van der Waals surface area contributed by atoms with Crippen LogP contribution >= 0.6 is 0 Å². The number of esters is 1. The Hall–Kier alpha value is -2.03. The topological polar surface area (TPSA) is 29.5 Å². The highest BCUT2D eigenvalue weighted by atomic mass is 16.5. The lowest BCUT2D eigenvalue weighted by Crippen LogP contribution is -2.51. The third-order valence-electron chi connectivity index (χ3n) is 12.4. The summed E-state index contributed by atoms with van der Waals surface area (Å²) < 4.78 is 6.00. The number of nitrogens with zero attached hydrogens (tertiary/aromatic N) is 1. The summed E-state index contributed by atoms with van der Waals surface area (Å²) >= 11 is 0. The lowest BCUT2D eigenvalue weighted by atomic mass is 9.47. The molecule has 3 fully saturated rings. The van der Waals surface area contributed by atoms with Gasteiger partial charge >= 0.3 is 5.97 Å². The first-order chi connectivity index (χ1) is 19.5. The molecular formula is C38H57NO2. The van der Waals surface area contributed by atoms with Crippen LogP contribution in [0, 0.1) is 46.3 Å². The van der Waals surface area contributed by atoms with Gasteiger partial charge in [-0.3, -0.25) is 0 Å². The third kappa shape index (κ3) is 6.21. The van der Waals surface area contributed by atoms with Crippen LogP contribution in [0.2, 0.25) is 0 Å². The molecular weight excluding hydrogens is 502 g/mol. The average molecular weight is 560 g/mol. The van der Waals surface area contributed by atoms with Crippen LogP contribution in [0.3, 0.4) is 0 Å². The normalized spacial score (nSPS) is 35.4. The van der Waals surface area contributed by atoms with Gasteiger partial charge in [-0.2, -0.15) is 0 Å². The fraction of sp³-hybridized carbons (Fsp3) is 0.711. The van der Waals surface area contributed by atoms with Crippen LogP contribution < -0.4 is 4.90 Å². The molecule has 0 bridgehead atoms. The summed E-state index contributed by atoms with van der Waals surface area (Å²) in [7, 11) is 4.07. The van der Waals surface area contributed by atoms with Gasteiger partial charge in [-0.1, -0.05) is 77.7 Å². The van der Waals surface area contributed by atoms with Gasteiger partial charge in [0.05, 0.1) is 0 Å².